The molecule has 2 heterocycles. The number of ether oxygens (including phenoxy) is 1. The van der Waals surface area contributed by atoms with E-state index in [0.29, 0.717) is 5.75 Å². The summed E-state index contributed by atoms with van der Waals surface area (Å²) in [5.41, 5.74) is 4.95. The van der Waals surface area contributed by atoms with Crippen LogP contribution in [0.25, 0.3) is 28.0 Å². The topological polar surface area (TPSA) is 55.2 Å². The Balaban J connectivity index is 1.54. The molecule has 0 atom stereocenters. The first-order valence-corrected chi connectivity index (χ1v) is 11.7. The molecular formula is C27H32N2O2. The van der Waals surface area contributed by atoms with Crippen LogP contribution in [0, 0.1) is 6.92 Å². The molecule has 1 aromatic heterocycles. The zero-order valence-electron chi connectivity index (χ0n) is 18.7. The molecule has 1 N–H and O–H groups in total. The third kappa shape index (κ3) is 4.73. The molecule has 2 aromatic carbocycles. The van der Waals surface area contributed by atoms with Crippen LogP contribution in [0.2, 0.25) is 0 Å². The first-order valence-electron chi connectivity index (χ1n) is 11.7. The van der Waals surface area contributed by atoms with E-state index >= 15 is 0 Å². The van der Waals surface area contributed by atoms with Crippen molar-refractivity contribution in [2.75, 3.05) is 0 Å². The van der Waals surface area contributed by atoms with Crippen molar-refractivity contribution in [1.82, 2.24) is 9.97 Å². The van der Waals surface area contributed by atoms with E-state index in [4.69, 9.17) is 14.7 Å². The maximum absolute atomic E-state index is 10.2. The summed E-state index contributed by atoms with van der Waals surface area (Å²) < 4.78 is 6.29. The van der Waals surface area contributed by atoms with Crippen LogP contribution in [0.3, 0.4) is 0 Å². The van der Waals surface area contributed by atoms with Crippen molar-refractivity contribution in [2.24, 2.45) is 0 Å². The second kappa shape index (κ2) is 9.95. The van der Waals surface area contributed by atoms with Gasteiger partial charge in [0, 0.05) is 11.1 Å². The zero-order valence-corrected chi connectivity index (χ0v) is 18.7. The molecule has 1 aliphatic rings. The fourth-order valence-electron chi connectivity index (χ4n) is 4.17. The van der Waals surface area contributed by atoms with Crippen molar-refractivity contribution in [3.63, 3.8) is 0 Å². The largest absolute Gasteiger partial charge is 0.508 e. The maximum atomic E-state index is 10.2. The number of para-hydroxylation sites is 2. The Morgan fingerprint density at radius 1 is 0.839 bits per heavy atom. The standard InChI is InChI=1S/C27H32N2O2/c1-3-4-5-6-7-8-9-10-11-16-24-26-25(28-21-14-12-13-15-22(21)29-26)20-17-18-23(30)19(2)27(20)31-24/h12-18,30H,3-11H2,1-2H3/b24-16+. The van der Waals surface area contributed by atoms with E-state index in [2.05, 4.69) is 13.0 Å². The predicted molar refractivity (Wildman–Crippen MR) is 127 cm³/mol. The number of rotatable bonds is 9. The summed E-state index contributed by atoms with van der Waals surface area (Å²) in [7, 11) is 0. The highest BCUT2D eigenvalue weighted by molar-refractivity contribution is 5.89. The number of fused-ring (bicyclic) bond motifs is 4. The molecule has 0 amide bonds. The predicted octanol–water partition coefficient (Wildman–Crippen LogP) is 7.57. The average molecular weight is 417 g/mol. The summed E-state index contributed by atoms with van der Waals surface area (Å²) in [4.78, 5) is 9.79. The van der Waals surface area contributed by atoms with Crippen LogP contribution in [0.4, 0.5) is 0 Å². The lowest BCUT2D eigenvalue weighted by atomic mass is 9.99. The number of hydrogen-bond acceptors (Lipinski definition) is 4. The highest BCUT2D eigenvalue weighted by atomic mass is 16.5. The molecule has 162 valence electrons. The Hall–Kier alpha value is -2.88. The van der Waals surface area contributed by atoms with E-state index in [-0.39, 0.29) is 5.75 Å². The molecule has 3 aromatic rings. The fraction of sp³-hybridized carbons (Fsp3) is 0.407. The van der Waals surface area contributed by atoms with Crippen LogP contribution in [-0.2, 0) is 0 Å². The average Bonchev–Trinajstić information content (AvgIpc) is 2.79. The Morgan fingerprint density at radius 2 is 1.48 bits per heavy atom. The molecule has 0 saturated heterocycles. The van der Waals surface area contributed by atoms with E-state index in [0.717, 1.165) is 52.1 Å². The second-order valence-corrected chi connectivity index (χ2v) is 8.43. The molecule has 0 bridgehead atoms. The molecule has 4 rings (SSSR count). The van der Waals surface area contributed by atoms with Gasteiger partial charge in [0.1, 0.15) is 22.9 Å². The van der Waals surface area contributed by atoms with Gasteiger partial charge in [-0.1, -0.05) is 64.0 Å². The van der Waals surface area contributed by atoms with Crippen LogP contribution in [0.1, 0.15) is 76.0 Å². The van der Waals surface area contributed by atoms with Crippen LogP contribution in [0.5, 0.6) is 11.5 Å². The number of allylic oxidation sites excluding steroid dienone is 1. The second-order valence-electron chi connectivity index (χ2n) is 8.43. The van der Waals surface area contributed by atoms with Crippen molar-refractivity contribution < 1.29 is 9.84 Å². The van der Waals surface area contributed by atoms with Gasteiger partial charge in [-0.05, 0) is 50.1 Å². The number of aromatic nitrogens is 2. The number of unbranched alkanes of at least 4 members (excludes halogenated alkanes) is 8. The Bertz CT molecular complexity index is 1090. The normalized spacial score (nSPS) is 13.8. The van der Waals surface area contributed by atoms with Crippen molar-refractivity contribution in [2.45, 2.75) is 71.6 Å². The van der Waals surface area contributed by atoms with Gasteiger partial charge in [-0.25, -0.2) is 9.97 Å². The molecule has 31 heavy (non-hydrogen) atoms. The molecule has 0 fully saturated rings. The van der Waals surface area contributed by atoms with Crippen LogP contribution in [0.15, 0.2) is 42.5 Å². The summed E-state index contributed by atoms with van der Waals surface area (Å²) >= 11 is 0. The lowest BCUT2D eigenvalue weighted by molar-refractivity contribution is 0.455. The maximum Gasteiger partial charge on any atom is 0.151 e. The van der Waals surface area contributed by atoms with Crippen LogP contribution >= 0.6 is 0 Å². The van der Waals surface area contributed by atoms with Gasteiger partial charge in [0.15, 0.2) is 5.76 Å². The van der Waals surface area contributed by atoms with E-state index in [1.54, 1.807) is 6.07 Å². The van der Waals surface area contributed by atoms with Gasteiger partial charge in [0.05, 0.1) is 11.0 Å². The molecule has 4 nitrogen and oxygen atoms in total. The minimum Gasteiger partial charge on any atom is -0.508 e. The number of aromatic hydroxyl groups is 1. The first-order chi connectivity index (χ1) is 15.2. The SMILES string of the molecule is CCCCCCCCCC/C=C1/Oc2c(ccc(O)c2C)-c2nc3ccccc3nc21. The van der Waals surface area contributed by atoms with E-state index in [1.165, 1.54) is 44.9 Å². The van der Waals surface area contributed by atoms with Gasteiger partial charge in [-0.3, -0.25) is 0 Å². The van der Waals surface area contributed by atoms with E-state index in [1.807, 2.05) is 37.3 Å². The molecule has 1 aliphatic heterocycles. The van der Waals surface area contributed by atoms with Crippen molar-refractivity contribution >= 4 is 16.8 Å². The smallest absolute Gasteiger partial charge is 0.151 e. The number of phenolic OH excluding ortho intramolecular Hbond substituents is 1. The lowest BCUT2D eigenvalue weighted by Gasteiger charge is -2.23. The molecule has 0 unspecified atom stereocenters. The summed E-state index contributed by atoms with van der Waals surface area (Å²) in [6.45, 7) is 4.14. The molecule has 0 radical (unpaired) electrons. The molecule has 0 spiro atoms. The minimum absolute atomic E-state index is 0.235. The van der Waals surface area contributed by atoms with E-state index < -0.39 is 0 Å². The highest BCUT2D eigenvalue weighted by Gasteiger charge is 2.27. The molecule has 0 saturated carbocycles. The number of nitrogens with zero attached hydrogens (tertiary/aromatic N) is 2. The summed E-state index contributed by atoms with van der Waals surface area (Å²) in [6.07, 6.45) is 13.5. The summed E-state index contributed by atoms with van der Waals surface area (Å²) in [5.74, 6) is 1.66. The van der Waals surface area contributed by atoms with Crippen molar-refractivity contribution in [3.05, 3.63) is 53.7 Å². The number of phenols is 1. The van der Waals surface area contributed by atoms with Gasteiger partial charge in [0.2, 0.25) is 0 Å². The molecule has 4 heteroatoms. The number of hydrogen-bond donors (Lipinski definition) is 1. The molecule has 0 aliphatic carbocycles. The zero-order chi connectivity index (χ0) is 21.6. The Morgan fingerprint density at radius 3 is 2.19 bits per heavy atom. The highest BCUT2D eigenvalue weighted by Crippen LogP contribution is 2.45. The summed E-state index contributed by atoms with van der Waals surface area (Å²) in [6, 6.07) is 11.5. The monoisotopic (exact) mass is 416 g/mol. The molecular weight excluding hydrogens is 384 g/mol. The van der Waals surface area contributed by atoms with Crippen molar-refractivity contribution in [3.8, 4) is 22.8 Å². The summed E-state index contributed by atoms with van der Waals surface area (Å²) in [5, 5.41) is 10.2. The number of benzene rings is 2. The minimum atomic E-state index is 0.235. The van der Waals surface area contributed by atoms with Gasteiger partial charge >= 0.3 is 0 Å². The Labute approximate surface area is 185 Å². The van der Waals surface area contributed by atoms with Crippen LogP contribution < -0.4 is 4.74 Å². The van der Waals surface area contributed by atoms with Gasteiger partial charge in [-0.15, -0.1) is 0 Å². The van der Waals surface area contributed by atoms with Crippen molar-refractivity contribution in [1.29, 1.82) is 0 Å². The first kappa shape index (κ1) is 21.4. The third-order valence-corrected chi connectivity index (χ3v) is 6.04. The fourth-order valence-corrected chi connectivity index (χ4v) is 4.17. The lowest BCUT2D eigenvalue weighted by Crippen LogP contribution is -2.10. The Kier molecular flexibility index (Phi) is 6.86. The van der Waals surface area contributed by atoms with Gasteiger partial charge < -0.3 is 9.84 Å². The van der Waals surface area contributed by atoms with Gasteiger partial charge in [-0.2, -0.15) is 0 Å². The van der Waals surface area contributed by atoms with Crippen LogP contribution in [-0.4, -0.2) is 15.1 Å². The van der Waals surface area contributed by atoms with Gasteiger partial charge in [0.25, 0.3) is 0 Å². The third-order valence-electron chi connectivity index (χ3n) is 6.04. The van der Waals surface area contributed by atoms with E-state index in [9.17, 15) is 5.11 Å². The quantitative estimate of drug-likeness (QED) is 0.365.